The van der Waals surface area contributed by atoms with Crippen molar-refractivity contribution in [2.24, 2.45) is 0 Å². The van der Waals surface area contributed by atoms with E-state index in [2.05, 4.69) is 10.0 Å². The van der Waals surface area contributed by atoms with E-state index in [0.717, 1.165) is 0 Å². The minimum Gasteiger partial charge on any atom is -0.494 e. The minimum absolute atomic E-state index is 0.0347. The molecule has 0 radical (unpaired) electrons. The molecule has 1 aromatic carbocycles. The summed E-state index contributed by atoms with van der Waals surface area (Å²) >= 11 is 1.64. The molecule has 1 amide bonds. The molecule has 0 aliphatic carbocycles. The van der Waals surface area contributed by atoms with E-state index in [1.165, 1.54) is 17.0 Å². The fourth-order valence-electron chi connectivity index (χ4n) is 2.58. The van der Waals surface area contributed by atoms with Crippen LogP contribution in [-0.2, 0) is 14.8 Å². The van der Waals surface area contributed by atoms with Crippen molar-refractivity contribution >= 4 is 27.3 Å². The van der Waals surface area contributed by atoms with Crippen molar-refractivity contribution in [3.63, 3.8) is 0 Å². The Balaban J connectivity index is 1.80. The van der Waals surface area contributed by atoms with Gasteiger partial charge >= 0.3 is 0 Å². The molecular weight excluding hydrogens is 398 g/mol. The van der Waals surface area contributed by atoms with Crippen LogP contribution in [0.15, 0.2) is 46.7 Å². The Labute approximate surface area is 170 Å². The molecule has 154 valence electrons. The number of ether oxygens (including phenoxy) is 1. The number of nitrogens with one attached hydrogen (secondary N) is 2. The standard InChI is InChI=1S/C19H27N3O4S2/c1-4-26-15-7-9-16(10-8-15)28(24,25)21-12-11-19(23)20-14-17(22(2)3)18-6-5-13-27-18/h5-10,13,17,21H,4,11-12,14H2,1-3H3,(H,20,23)/t17-/m0/s1. The van der Waals surface area contributed by atoms with Crippen LogP contribution in [0.3, 0.4) is 0 Å². The summed E-state index contributed by atoms with van der Waals surface area (Å²) in [7, 11) is 0.260. The van der Waals surface area contributed by atoms with Gasteiger partial charge in [-0.05, 0) is 56.7 Å². The number of amides is 1. The molecular formula is C19H27N3O4S2. The topological polar surface area (TPSA) is 87.7 Å². The van der Waals surface area contributed by atoms with E-state index in [1.807, 2.05) is 43.4 Å². The van der Waals surface area contributed by atoms with Gasteiger partial charge in [0.05, 0.1) is 17.5 Å². The third kappa shape index (κ3) is 6.59. The highest BCUT2D eigenvalue weighted by molar-refractivity contribution is 7.89. The fourth-order valence-corrected chi connectivity index (χ4v) is 4.54. The van der Waals surface area contributed by atoms with Crippen LogP contribution in [0.25, 0.3) is 0 Å². The van der Waals surface area contributed by atoms with E-state index in [0.29, 0.717) is 18.9 Å². The van der Waals surface area contributed by atoms with E-state index in [-0.39, 0.29) is 29.8 Å². The fraction of sp³-hybridized carbons (Fsp3) is 0.421. The molecule has 0 spiro atoms. The van der Waals surface area contributed by atoms with Gasteiger partial charge in [0.25, 0.3) is 0 Å². The van der Waals surface area contributed by atoms with Crippen molar-refractivity contribution in [1.82, 2.24) is 14.9 Å². The largest absolute Gasteiger partial charge is 0.494 e. The number of hydrogen-bond donors (Lipinski definition) is 2. The van der Waals surface area contributed by atoms with E-state index in [4.69, 9.17) is 4.74 Å². The summed E-state index contributed by atoms with van der Waals surface area (Å²) in [5.74, 6) is 0.416. The predicted octanol–water partition coefficient (Wildman–Crippen LogP) is 2.23. The number of likely N-dealkylation sites (N-methyl/N-ethyl adjacent to an activating group) is 1. The smallest absolute Gasteiger partial charge is 0.240 e. The lowest BCUT2D eigenvalue weighted by Gasteiger charge is -2.23. The summed E-state index contributed by atoms with van der Waals surface area (Å²) in [6.07, 6.45) is 0.0703. The van der Waals surface area contributed by atoms with Crippen molar-refractivity contribution in [3.05, 3.63) is 46.7 Å². The minimum atomic E-state index is -3.66. The molecule has 0 saturated carbocycles. The normalized spacial score (nSPS) is 12.7. The van der Waals surface area contributed by atoms with E-state index >= 15 is 0 Å². The van der Waals surface area contributed by atoms with E-state index in [9.17, 15) is 13.2 Å². The van der Waals surface area contributed by atoms with Crippen molar-refractivity contribution < 1.29 is 17.9 Å². The van der Waals surface area contributed by atoms with Crippen LogP contribution in [0.4, 0.5) is 0 Å². The van der Waals surface area contributed by atoms with Crippen molar-refractivity contribution in [2.45, 2.75) is 24.3 Å². The molecule has 0 aliphatic heterocycles. The maximum absolute atomic E-state index is 12.3. The lowest BCUT2D eigenvalue weighted by Crippen LogP contribution is -2.36. The average Bonchev–Trinajstić information content (AvgIpc) is 3.16. The lowest BCUT2D eigenvalue weighted by molar-refractivity contribution is -0.121. The maximum atomic E-state index is 12.3. The molecule has 1 atom stereocenters. The van der Waals surface area contributed by atoms with Crippen LogP contribution in [-0.4, -0.2) is 53.0 Å². The van der Waals surface area contributed by atoms with Crippen LogP contribution in [0.2, 0.25) is 0 Å². The van der Waals surface area contributed by atoms with Gasteiger partial charge in [-0.2, -0.15) is 0 Å². The summed E-state index contributed by atoms with van der Waals surface area (Å²) in [6, 6.07) is 10.3. The third-order valence-electron chi connectivity index (χ3n) is 4.08. The molecule has 1 heterocycles. The van der Waals surface area contributed by atoms with E-state index < -0.39 is 10.0 Å². The van der Waals surface area contributed by atoms with Gasteiger partial charge in [0, 0.05) is 24.4 Å². The second-order valence-electron chi connectivity index (χ2n) is 6.35. The van der Waals surface area contributed by atoms with Crippen molar-refractivity contribution in [2.75, 3.05) is 33.8 Å². The first-order valence-electron chi connectivity index (χ1n) is 9.02. The van der Waals surface area contributed by atoms with Gasteiger partial charge < -0.3 is 15.0 Å². The molecule has 0 unspecified atom stereocenters. The first-order valence-corrected chi connectivity index (χ1v) is 11.4. The van der Waals surface area contributed by atoms with Crippen molar-refractivity contribution in [1.29, 1.82) is 0 Å². The van der Waals surface area contributed by atoms with Gasteiger partial charge in [0.15, 0.2) is 0 Å². The zero-order chi connectivity index (χ0) is 20.6. The highest BCUT2D eigenvalue weighted by atomic mass is 32.2. The number of hydrogen-bond acceptors (Lipinski definition) is 6. The first kappa shape index (κ1) is 22.4. The van der Waals surface area contributed by atoms with Gasteiger partial charge in [-0.1, -0.05) is 6.07 Å². The number of sulfonamides is 1. The Morgan fingerprint density at radius 1 is 1.21 bits per heavy atom. The highest BCUT2D eigenvalue weighted by Gasteiger charge is 2.17. The van der Waals surface area contributed by atoms with Crippen LogP contribution in [0, 0.1) is 0 Å². The Morgan fingerprint density at radius 2 is 1.93 bits per heavy atom. The summed E-state index contributed by atoms with van der Waals surface area (Å²) in [5, 5.41) is 4.88. The second kappa shape index (κ2) is 10.6. The molecule has 0 aliphatic rings. The number of rotatable bonds is 11. The molecule has 0 fully saturated rings. The van der Waals surface area contributed by atoms with Crippen LogP contribution < -0.4 is 14.8 Å². The lowest BCUT2D eigenvalue weighted by atomic mass is 10.2. The third-order valence-corrected chi connectivity index (χ3v) is 6.53. The number of thiophene rings is 1. The summed E-state index contributed by atoms with van der Waals surface area (Å²) in [6.45, 7) is 2.88. The molecule has 2 rings (SSSR count). The zero-order valence-corrected chi connectivity index (χ0v) is 18.0. The molecule has 0 bridgehead atoms. The SMILES string of the molecule is CCOc1ccc(S(=O)(=O)NCCC(=O)NC[C@@H](c2cccs2)N(C)C)cc1. The number of carbonyl (C=O) groups is 1. The van der Waals surface area contributed by atoms with Crippen molar-refractivity contribution in [3.8, 4) is 5.75 Å². The highest BCUT2D eigenvalue weighted by Crippen LogP contribution is 2.22. The van der Waals surface area contributed by atoms with Crippen LogP contribution in [0.1, 0.15) is 24.3 Å². The zero-order valence-electron chi connectivity index (χ0n) is 16.3. The van der Waals surface area contributed by atoms with Gasteiger partial charge in [-0.15, -0.1) is 11.3 Å². The second-order valence-corrected chi connectivity index (χ2v) is 9.10. The molecule has 28 heavy (non-hydrogen) atoms. The Hall–Kier alpha value is -1.94. The summed E-state index contributed by atoms with van der Waals surface area (Å²) < 4.78 is 32.4. The molecule has 0 saturated heterocycles. The maximum Gasteiger partial charge on any atom is 0.240 e. The number of nitrogens with zero attached hydrogens (tertiary/aromatic N) is 1. The predicted molar refractivity (Wildman–Crippen MR) is 111 cm³/mol. The molecule has 2 N–H and O–H groups in total. The number of benzene rings is 1. The van der Waals surface area contributed by atoms with Crippen LogP contribution in [0.5, 0.6) is 5.75 Å². The number of carbonyl (C=O) groups excluding carboxylic acids is 1. The average molecular weight is 426 g/mol. The molecule has 1 aromatic heterocycles. The van der Waals surface area contributed by atoms with Gasteiger partial charge in [-0.3, -0.25) is 4.79 Å². The summed E-state index contributed by atoms with van der Waals surface area (Å²) in [5.41, 5.74) is 0. The molecule has 7 nitrogen and oxygen atoms in total. The Kier molecular flexibility index (Phi) is 8.43. The Morgan fingerprint density at radius 3 is 2.50 bits per heavy atom. The van der Waals surface area contributed by atoms with E-state index in [1.54, 1.807) is 23.5 Å². The molecule has 9 heteroatoms. The van der Waals surface area contributed by atoms with Crippen LogP contribution >= 0.6 is 11.3 Å². The first-order chi connectivity index (χ1) is 13.3. The molecule has 2 aromatic rings. The Bertz CT molecular complexity index is 835. The van der Waals surface area contributed by atoms with Gasteiger partial charge in [0.1, 0.15) is 5.75 Å². The summed E-state index contributed by atoms with van der Waals surface area (Å²) in [4.78, 5) is 15.5. The van der Waals surface area contributed by atoms with Gasteiger partial charge in [-0.25, -0.2) is 13.1 Å². The quantitative estimate of drug-likeness (QED) is 0.576. The van der Waals surface area contributed by atoms with Gasteiger partial charge in [0.2, 0.25) is 15.9 Å². The monoisotopic (exact) mass is 425 g/mol.